The van der Waals surface area contributed by atoms with Crippen molar-refractivity contribution in [3.63, 3.8) is 0 Å². The van der Waals surface area contributed by atoms with E-state index in [0.29, 0.717) is 36.6 Å². The first-order chi connectivity index (χ1) is 19.1. The van der Waals surface area contributed by atoms with Crippen molar-refractivity contribution in [1.82, 2.24) is 0 Å². The number of phosphoric acid groups is 1. The molecule has 41 heavy (non-hydrogen) atoms. The highest BCUT2D eigenvalue weighted by molar-refractivity contribution is 7.46. The second kappa shape index (κ2) is 12.8. The largest absolute Gasteiger partial charge is 0.525 e. The van der Waals surface area contributed by atoms with Crippen LogP contribution in [0.1, 0.15) is 56.2 Å². The molecule has 0 unspecified atom stereocenters. The zero-order valence-electron chi connectivity index (χ0n) is 22.5. The lowest BCUT2D eigenvalue weighted by Gasteiger charge is -2.19. The minimum Gasteiger partial charge on any atom is -0.481 e. The van der Waals surface area contributed by atoms with Crippen LogP contribution in [0, 0.1) is 24.0 Å². The van der Waals surface area contributed by atoms with Crippen molar-refractivity contribution < 1.29 is 51.5 Å². The van der Waals surface area contributed by atoms with Gasteiger partial charge in [-0.25, -0.2) is 22.9 Å². The average Bonchev–Trinajstić information content (AvgIpc) is 2.85. The van der Waals surface area contributed by atoms with Gasteiger partial charge in [-0.2, -0.15) is 0 Å². The molecule has 0 aliphatic carbocycles. The standard InChI is InChI=1S/C27H30F2NO10P/c1-15-11-22(31)39-21-13-17(8-9-18(15)21)30-26(34)38-14-16-12-20(28)24(40-41(35,36)37)23(29)19(16)7-5-4-6-10-27(2,3)25(32)33/h8-9,11-13H,4-7,10,14H2,1-3H3,(H,30,34)(H,32,33)(H2,35,36,37). The van der Waals surface area contributed by atoms with Crippen molar-refractivity contribution in [3.8, 4) is 5.75 Å². The lowest BCUT2D eigenvalue weighted by Crippen LogP contribution is -2.23. The van der Waals surface area contributed by atoms with Gasteiger partial charge in [-0.3, -0.25) is 19.9 Å². The van der Waals surface area contributed by atoms with Crippen molar-refractivity contribution in [3.05, 3.63) is 69.1 Å². The molecule has 2 aromatic carbocycles. The second-order valence-electron chi connectivity index (χ2n) is 10.1. The van der Waals surface area contributed by atoms with E-state index in [9.17, 15) is 28.4 Å². The number of hydrogen-bond acceptors (Lipinski definition) is 7. The molecule has 0 aliphatic heterocycles. The van der Waals surface area contributed by atoms with E-state index < -0.39 is 54.9 Å². The predicted molar refractivity (Wildman–Crippen MR) is 144 cm³/mol. The lowest BCUT2D eigenvalue weighted by atomic mass is 9.87. The number of aryl methyl sites for hydroxylation is 1. The van der Waals surface area contributed by atoms with Gasteiger partial charge in [-0.05, 0) is 74.9 Å². The van der Waals surface area contributed by atoms with Crippen LogP contribution in [-0.4, -0.2) is 27.0 Å². The third-order valence-electron chi connectivity index (χ3n) is 6.44. The Morgan fingerprint density at radius 2 is 1.80 bits per heavy atom. The summed E-state index contributed by atoms with van der Waals surface area (Å²) in [6.07, 6.45) is 0.607. The topological polar surface area (TPSA) is 173 Å². The molecule has 11 nitrogen and oxygen atoms in total. The Hall–Kier alpha value is -3.80. The fourth-order valence-electron chi connectivity index (χ4n) is 4.14. The number of carboxylic acid groups (broad SMARTS) is 1. The van der Waals surface area contributed by atoms with Gasteiger partial charge in [0.1, 0.15) is 12.2 Å². The number of halogens is 2. The number of hydrogen-bond donors (Lipinski definition) is 4. The quantitative estimate of drug-likeness (QED) is 0.113. The summed E-state index contributed by atoms with van der Waals surface area (Å²) in [5, 5.41) is 12.3. The Balaban J connectivity index is 1.75. The molecule has 0 radical (unpaired) electrons. The van der Waals surface area contributed by atoms with Crippen molar-refractivity contribution >= 4 is 36.5 Å². The first-order valence-corrected chi connectivity index (χ1v) is 14.1. The van der Waals surface area contributed by atoms with Gasteiger partial charge in [-0.1, -0.05) is 12.8 Å². The number of amides is 1. The van der Waals surface area contributed by atoms with Crippen molar-refractivity contribution in [2.75, 3.05) is 5.32 Å². The summed E-state index contributed by atoms with van der Waals surface area (Å²) in [7, 11) is -5.29. The first kappa shape index (κ1) is 31.7. The van der Waals surface area contributed by atoms with Crippen LogP contribution in [0.3, 0.4) is 0 Å². The van der Waals surface area contributed by atoms with Crippen LogP contribution < -0.4 is 15.5 Å². The maximum atomic E-state index is 15.2. The number of ether oxygens (including phenoxy) is 1. The molecule has 0 aliphatic rings. The van der Waals surface area contributed by atoms with Gasteiger partial charge in [0.05, 0.1) is 5.41 Å². The molecular formula is C27H30F2NO10P. The van der Waals surface area contributed by atoms with Crippen molar-refractivity contribution in [2.45, 2.75) is 59.5 Å². The van der Waals surface area contributed by atoms with Crippen LogP contribution in [0.25, 0.3) is 11.0 Å². The third kappa shape index (κ3) is 8.59. The van der Waals surface area contributed by atoms with E-state index in [1.54, 1.807) is 32.9 Å². The zero-order valence-corrected chi connectivity index (χ0v) is 23.4. The number of carboxylic acids is 1. The molecule has 0 spiro atoms. The first-order valence-electron chi connectivity index (χ1n) is 12.5. The number of rotatable bonds is 12. The molecule has 1 amide bonds. The van der Waals surface area contributed by atoms with Gasteiger partial charge in [0.25, 0.3) is 0 Å². The summed E-state index contributed by atoms with van der Waals surface area (Å²) in [5.74, 6) is -4.97. The highest BCUT2D eigenvalue weighted by atomic mass is 31.2. The number of anilines is 1. The van der Waals surface area contributed by atoms with E-state index in [1.165, 1.54) is 12.1 Å². The van der Waals surface area contributed by atoms with Crippen LogP contribution >= 0.6 is 7.82 Å². The molecule has 1 aromatic heterocycles. The zero-order chi connectivity index (χ0) is 30.5. The number of carbonyl (C=O) groups excluding carboxylic acids is 1. The molecule has 0 saturated carbocycles. The minimum atomic E-state index is -5.29. The average molecular weight is 598 g/mol. The number of fused-ring (bicyclic) bond motifs is 1. The number of phosphoric ester groups is 1. The van der Waals surface area contributed by atoms with Crippen LogP contribution in [0.15, 0.2) is 39.5 Å². The molecule has 0 bridgehead atoms. The van der Waals surface area contributed by atoms with Gasteiger partial charge >= 0.3 is 25.5 Å². The van der Waals surface area contributed by atoms with Crippen LogP contribution in [0.4, 0.5) is 19.3 Å². The molecule has 0 saturated heterocycles. The number of carbonyl (C=O) groups is 2. The minimum absolute atomic E-state index is 0.0412. The van der Waals surface area contributed by atoms with Gasteiger partial charge in [0.2, 0.25) is 5.75 Å². The monoisotopic (exact) mass is 597 g/mol. The molecular weight excluding hydrogens is 567 g/mol. The molecule has 222 valence electrons. The third-order valence-corrected chi connectivity index (χ3v) is 6.86. The number of unbranched alkanes of at least 4 members (excludes halogenated alkanes) is 2. The van der Waals surface area contributed by atoms with Gasteiger partial charge < -0.3 is 18.8 Å². The summed E-state index contributed by atoms with van der Waals surface area (Å²) >= 11 is 0. The number of benzene rings is 2. The van der Waals surface area contributed by atoms with Crippen LogP contribution in [0.2, 0.25) is 0 Å². The molecule has 4 N–H and O–H groups in total. The van der Waals surface area contributed by atoms with Crippen molar-refractivity contribution in [1.29, 1.82) is 0 Å². The van der Waals surface area contributed by atoms with Crippen LogP contribution in [-0.2, 0) is 27.1 Å². The molecule has 3 rings (SSSR count). The Morgan fingerprint density at radius 3 is 2.46 bits per heavy atom. The summed E-state index contributed by atoms with van der Waals surface area (Å²) in [5.41, 5.74) is -0.660. The summed E-state index contributed by atoms with van der Waals surface area (Å²) in [6, 6.07) is 6.67. The molecule has 1 heterocycles. The fourth-order valence-corrected chi connectivity index (χ4v) is 4.55. The Bertz CT molecular complexity index is 1560. The lowest BCUT2D eigenvalue weighted by molar-refractivity contribution is -0.147. The highest BCUT2D eigenvalue weighted by Crippen LogP contribution is 2.42. The second-order valence-corrected chi connectivity index (χ2v) is 11.3. The van der Waals surface area contributed by atoms with Crippen molar-refractivity contribution in [2.24, 2.45) is 5.41 Å². The maximum absolute atomic E-state index is 15.2. The number of nitrogens with one attached hydrogen (secondary N) is 1. The molecule has 14 heteroatoms. The summed E-state index contributed by atoms with van der Waals surface area (Å²) < 4.78 is 55.6. The van der Waals surface area contributed by atoms with E-state index >= 15 is 4.39 Å². The SMILES string of the molecule is Cc1cc(=O)oc2cc(NC(=O)OCc3cc(F)c(OP(=O)(O)O)c(F)c3CCCCCC(C)(C)C(=O)O)ccc12. The van der Waals surface area contributed by atoms with Gasteiger partial charge in [-0.15, -0.1) is 0 Å². The summed E-state index contributed by atoms with van der Waals surface area (Å²) in [6.45, 7) is 4.29. The predicted octanol–water partition coefficient (Wildman–Crippen LogP) is 5.81. The maximum Gasteiger partial charge on any atom is 0.525 e. The van der Waals surface area contributed by atoms with E-state index in [0.717, 1.165) is 6.07 Å². The normalized spacial score (nSPS) is 11.9. The molecule has 3 aromatic rings. The fraction of sp³-hybridized carbons (Fsp3) is 0.370. The number of aliphatic carboxylic acids is 1. The van der Waals surface area contributed by atoms with E-state index in [2.05, 4.69) is 9.84 Å². The smallest absolute Gasteiger partial charge is 0.481 e. The van der Waals surface area contributed by atoms with Crippen LogP contribution in [0.5, 0.6) is 5.75 Å². The van der Waals surface area contributed by atoms with E-state index in [4.69, 9.17) is 18.9 Å². The molecule has 0 atom stereocenters. The van der Waals surface area contributed by atoms with E-state index in [-0.39, 0.29) is 28.8 Å². The Labute approximate surface area is 233 Å². The summed E-state index contributed by atoms with van der Waals surface area (Å²) in [4.78, 5) is 53.5. The van der Waals surface area contributed by atoms with Gasteiger partial charge in [0.15, 0.2) is 11.6 Å². The Kier molecular flexibility index (Phi) is 9.90. The van der Waals surface area contributed by atoms with Gasteiger partial charge in [0, 0.05) is 23.2 Å². The Morgan fingerprint density at radius 1 is 1.10 bits per heavy atom. The highest BCUT2D eigenvalue weighted by Gasteiger charge is 2.28. The molecule has 0 fully saturated rings. The van der Waals surface area contributed by atoms with E-state index in [1.807, 2.05) is 0 Å².